The maximum Gasteiger partial charge on any atom is 0.209 e. The summed E-state index contributed by atoms with van der Waals surface area (Å²) in [5.41, 5.74) is 0. The molecule has 2 N–H and O–H groups in total. The molecule has 1 unspecified atom stereocenters. The van der Waals surface area contributed by atoms with E-state index in [4.69, 9.17) is 9.88 Å². The predicted octanol–water partition coefficient (Wildman–Crippen LogP) is 1.89. The molecule has 0 aliphatic rings. The second-order valence-electron chi connectivity index (χ2n) is 3.82. The Balaban J connectivity index is 2.56. The van der Waals surface area contributed by atoms with Crippen LogP contribution >= 0.6 is 15.9 Å². The Bertz CT molecular complexity index is 492. The maximum atomic E-state index is 12.8. The molecule has 1 atom stereocenters. The lowest BCUT2D eigenvalue weighted by Crippen LogP contribution is -2.25. The fourth-order valence-electron chi connectivity index (χ4n) is 1.27. The highest BCUT2D eigenvalue weighted by atomic mass is 79.9. The van der Waals surface area contributed by atoms with E-state index in [1.165, 1.54) is 18.2 Å². The Morgan fingerprint density at radius 3 is 2.71 bits per heavy atom. The second-order valence-corrected chi connectivity index (χ2v) is 6.33. The van der Waals surface area contributed by atoms with Gasteiger partial charge in [-0.05, 0) is 34.1 Å². The Morgan fingerprint density at radius 2 is 2.18 bits per heavy atom. The van der Waals surface area contributed by atoms with Crippen molar-refractivity contribution >= 4 is 26.0 Å². The number of primary sulfonamides is 1. The molecule has 0 heterocycles. The van der Waals surface area contributed by atoms with Gasteiger partial charge in [-0.3, -0.25) is 0 Å². The van der Waals surface area contributed by atoms with Gasteiger partial charge in [-0.2, -0.15) is 0 Å². The molecule has 0 aromatic heterocycles. The zero-order valence-electron chi connectivity index (χ0n) is 9.19. The Hall–Kier alpha value is -0.660. The van der Waals surface area contributed by atoms with Crippen LogP contribution in [0.1, 0.15) is 6.92 Å². The van der Waals surface area contributed by atoms with Crippen molar-refractivity contribution in [3.63, 3.8) is 0 Å². The summed E-state index contributed by atoms with van der Waals surface area (Å²) in [5.74, 6) is -0.289. The standard InChI is InChI=1S/C10H13BrFNO3S/c1-7(6-17(13,14)15)5-16-10-3-2-8(12)4-9(10)11/h2-4,7H,5-6H2,1H3,(H2,13,14,15). The SMILES string of the molecule is CC(COc1ccc(F)cc1Br)CS(N)(=O)=O. The van der Waals surface area contributed by atoms with Gasteiger partial charge < -0.3 is 4.74 Å². The molecule has 4 nitrogen and oxygen atoms in total. The molecule has 1 aromatic carbocycles. The van der Waals surface area contributed by atoms with Crippen LogP contribution < -0.4 is 9.88 Å². The highest BCUT2D eigenvalue weighted by molar-refractivity contribution is 9.10. The summed E-state index contributed by atoms with van der Waals surface area (Å²) < 4.78 is 40.3. The van der Waals surface area contributed by atoms with E-state index in [9.17, 15) is 12.8 Å². The van der Waals surface area contributed by atoms with E-state index >= 15 is 0 Å². The van der Waals surface area contributed by atoms with Gasteiger partial charge in [0.25, 0.3) is 0 Å². The fraction of sp³-hybridized carbons (Fsp3) is 0.400. The van der Waals surface area contributed by atoms with Crippen molar-refractivity contribution in [2.24, 2.45) is 11.1 Å². The Morgan fingerprint density at radius 1 is 1.53 bits per heavy atom. The van der Waals surface area contributed by atoms with E-state index in [0.29, 0.717) is 10.2 Å². The lowest BCUT2D eigenvalue weighted by atomic mass is 10.2. The van der Waals surface area contributed by atoms with Gasteiger partial charge >= 0.3 is 0 Å². The zero-order valence-corrected chi connectivity index (χ0v) is 11.6. The average Bonchev–Trinajstić information content (AvgIpc) is 2.13. The predicted molar refractivity (Wildman–Crippen MR) is 66.7 cm³/mol. The van der Waals surface area contributed by atoms with Gasteiger partial charge in [0, 0.05) is 5.92 Å². The van der Waals surface area contributed by atoms with Crippen molar-refractivity contribution < 1.29 is 17.5 Å². The molecule has 0 amide bonds. The van der Waals surface area contributed by atoms with Gasteiger partial charge in [-0.15, -0.1) is 0 Å². The number of sulfonamides is 1. The largest absolute Gasteiger partial charge is 0.492 e. The van der Waals surface area contributed by atoms with Crippen LogP contribution in [0, 0.1) is 11.7 Å². The lowest BCUT2D eigenvalue weighted by molar-refractivity contribution is 0.270. The lowest BCUT2D eigenvalue weighted by Gasteiger charge is -2.13. The summed E-state index contributed by atoms with van der Waals surface area (Å²) in [5, 5.41) is 4.91. The third-order valence-corrected chi connectivity index (χ3v) is 3.59. The van der Waals surface area contributed by atoms with Crippen LogP contribution in [0.4, 0.5) is 4.39 Å². The summed E-state index contributed by atoms with van der Waals surface area (Å²) in [6.45, 7) is 1.91. The maximum absolute atomic E-state index is 12.8. The summed E-state index contributed by atoms with van der Waals surface area (Å²) >= 11 is 3.15. The number of hydrogen-bond donors (Lipinski definition) is 1. The molecule has 0 saturated carbocycles. The van der Waals surface area contributed by atoms with E-state index in [-0.39, 0.29) is 24.1 Å². The smallest absolute Gasteiger partial charge is 0.209 e. The van der Waals surface area contributed by atoms with E-state index in [2.05, 4.69) is 15.9 Å². The summed E-state index contributed by atoms with van der Waals surface area (Å²) in [4.78, 5) is 0. The number of benzene rings is 1. The minimum atomic E-state index is -3.50. The van der Waals surface area contributed by atoms with E-state index in [1.54, 1.807) is 6.92 Å². The molecule has 0 fully saturated rings. The van der Waals surface area contributed by atoms with E-state index in [0.717, 1.165) is 0 Å². The van der Waals surface area contributed by atoms with E-state index < -0.39 is 10.0 Å². The quantitative estimate of drug-likeness (QED) is 0.898. The molecule has 1 rings (SSSR count). The molecule has 17 heavy (non-hydrogen) atoms. The minimum absolute atomic E-state index is 0.147. The van der Waals surface area contributed by atoms with Gasteiger partial charge in [-0.1, -0.05) is 6.92 Å². The van der Waals surface area contributed by atoms with Gasteiger partial charge in [-0.25, -0.2) is 17.9 Å². The normalized spacial score (nSPS) is 13.4. The number of hydrogen-bond acceptors (Lipinski definition) is 3. The number of nitrogens with two attached hydrogens (primary N) is 1. The zero-order chi connectivity index (χ0) is 13.1. The van der Waals surface area contributed by atoms with Crippen molar-refractivity contribution in [3.8, 4) is 5.75 Å². The molecule has 0 spiro atoms. The van der Waals surface area contributed by atoms with Crippen molar-refractivity contribution in [2.75, 3.05) is 12.4 Å². The summed E-state index contributed by atoms with van der Waals surface area (Å²) in [6, 6.07) is 4.02. The molecule has 0 aliphatic carbocycles. The molecule has 7 heteroatoms. The molecular formula is C10H13BrFNO3S. The van der Waals surface area contributed by atoms with Crippen molar-refractivity contribution in [3.05, 3.63) is 28.5 Å². The first-order valence-electron chi connectivity index (χ1n) is 4.86. The molecule has 0 saturated heterocycles. The van der Waals surface area contributed by atoms with E-state index in [1.807, 2.05) is 0 Å². The van der Waals surface area contributed by atoms with Crippen LogP contribution in [0.5, 0.6) is 5.75 Å². The fourth-order valence-corrected chi connectivity index (χ4v) is 2.62. The Labute approximate surface area is 108 Å². The third kappa shape index (κ3) is 5.47. The molecular weight excluding hydrogens is 313 g/mol. The van der Waals surface area contributed by atoms with Gasteiger partial charge in [0.05, 0.1) is 16.8 Å². The molecule has 1 aromatic rings. The monoisotopic (exact) mass is 325 g/mol. The topological polar surface area (TPSA) is 69.4 Å². The van der Waals surface area contributed by atoms with Gasteiger partial charge in [0.1, 0.15) is 11.6 Å². The highest BCUT2D eigenvalue weighted by Crippen LogP contribution is 2.25. The second kappa shape index (κ2) is 5.79. The first kappa shape index (κ1) is 14.4. The van der Waals surface area contributed by atoms with Crippen LogP contribution in [0.15, 0.2) is 22.7 Å². The number of ether oxygens (including phenoxy) is 1. The van der Waals surface area contributed by atoms with Crippen LogP contribution in [0.2, 0.25) is 0 Å². The summed E-state index contributed by atoms with van der Waals surface area (Å²) in [7, 11) is -3.50. The van der Waals surface area contributed by atoms with Gasteiger partial charge in [0.2, 0.25) is 10.0 Å². The van der Waals surface area contributed by atoms with Crippen LogP contribution in [0.3, 0.4) is 0 Å². The van der Waals surface area contributed by atoms with Crippen LogP contribution in [-0.2, 0) is 10.0 Å². The summed E-state index contributed by atoms with van der Waals surface area (Å²) in [6.07, 6.45) is 0. The third-order valence-electron chi connectivity index (χ3n) is 1.93. The molecule has 0 radical (unpaired) electrons. The number of halogens is 2. The first-order chi connectivity index (χ1) is 7.78. The van der Waals surface area contributed by atoms with Crippen LogP contribution in [0.25, 0.3) is 0 Å². The number of rotatable bonds is 5. The minimum Gasteiger partial charge on any atom is -0.492 e. The average molecular weight is 326 g/mol. The highest BCUT2D eigenvalue weighted by Gasteiger charge is 2.12. The first-order valence-corrected chi connectivity index (χ1v) is 7.37. The molecule has 0 bridgehead atoms. The molecule has 96 valence electrons. The van der Waals surface area contributed by atoms with Crippen LogP contribution in [-0.4, -0.2) is 20.8 Å². The van der Waals surface area contributed by atoms with Crippen molar-refractivity contribution in [1.29, 1.82) is 0 Å². The van der Waals surface area contributed by atoms with Crippen molar-refractivity contribution in [1.82, 2.24) is 0 Å². The Kier molecular flexibility index (Phi) is 4.91. The van der Waals surface area contributed by atoms with Gasteiger partial charge in [0.15, 0.2) is 0 Å². The molecule has 0 aliphatic heterocycles. The van der Waals surface area contributed by atoms with Crippen molar-refractivity contribution in [2.45, 2.75) is 6.92 Å².